The number of rotatable bonds is 5. The van der Waals surface area contributed by atoms with Crippen LogP contribution in [-0.2, 0) is 4.74 Å². The summed E-state index contributed by atoms with van der Waals surface area (Å²) in [7, 11) is 1.70. The molecule has 0 radical (unpaired) electrons. The molecule has 6 nitrogen and oxygen atoms in total. The fourth-order valence-electron chi connectivity index (χ4n) is 4.43. The van der Waals surface area contributed by atoms with E-state index in [1.54, 1.807) is 7.11 Å². The van der Waals surface area contributed by atoms with Gasteiger partial charge in [0.05, 0.1) is 25.3 Å². The van der Waals surface area contributed by atoms with Crippen molar-refractivity contribution in [2.45, 2.75) is 38.5 Å². The molecule has 1 aromatic carbocycles. The van der Waals surface area contributed by atoms with Gasteiger partial charge in [0, 0.05) is 19.6 Å². The van der Waals surface area contributed by atoms with Crippen LogP contribution in [-0.4, -0.2) is 62.3 Å². The Bertz CT molecular complexity index is 699. The molecule has 0 N–H and O–H groups in total. The van der Waals surface area contributed by atoms with Crippen molar-refractivity contribution in [2.24, 2.45) is 5.92 Å². The van der Waals surface area contributed by atoms with Crippen LogP contribution in [0.3, 0.4) is 0 Å². The van der Waals surface area contributed by atoms with Crippen molar-refractivity contribution in [1.82, 2.24) is 9.80 Å². The van der Waals surface area contributed by atoms with Gasteiger partial charge in [-0.05, 0) is 81.3 Å². The Balaban J connectivity index is 1.48. The predicted octanol–water partition coefficient (Wildman–Crippen LogP) is 3.61. The number of nitrogens with zero attached hydrogens (tertiary/aromatic N) is 3. The molecule has 2 saturated heterocycles. The molecule has 0 unspecified atom stereocenters. The fourth-order valence-corrected chi connectivity index (χ4v) is 4.43. The molecule has 2 heterocycles. The highest BCUT2D eigenvalue weighted by molar-refractivity contribution is 5.67. The average Bonchev–Trinajstić information content (AvgIpc) is 2.74. The number of benzene rings is 1. The number of likely N-dealkylation sites (tertiary alicyclic amines) is 2. The summed E-state index contributed by atoms with van der Waals surface area (Å²) in [4.78, 5) is 16.2. The van der Waals surface area contributed by atoms with Crippen LogP contribution in [0.4, 0.5) is 4.79 Å². The van der Waals surface area contributed by atoms with Crippen LogP contribution in [0.2, 0.25) is 0 Å². The molecule has 3 rings (SSSR count). The molecule has 2 aliphatic heterocycles. The lowest BCUT2D eigenvalue weighted by Crippen LogP contribution is -2.43. The number of carbonyl (C=O) groups excluding carboxylic acids is 1. The molecule has 0 bridgehead atoms. The minimum Gasteiger partial charge on any atom is -0.496 e. The quantitative estimate of drug-likeness (QED) is 0.775. The van der Waals surface area contributed by atoms with Crippen molar-refractivity contribution < 1.29 is 14.3 Å². The number of ether oxygens (including phenoxy) is 2. The van der Waals surface area contributed by atoms with E-state index in [0.717, 1.165) is 64.2 Å². The highest BCUT2D eigenvalue weighted by Gasteiger charge is 2.28. The summed E-state index contributed by atoms with van der Waals surface area (Å²) >= 11 is 0. The molecule has 0 aromatic heterocycles. The fraction of sp³-hybridized carbons (Fsp3) is 0.636. The van der Waals surface area contributed by atoms with E-state index in [2.05, 4.69) is 11.0 Å². The van der Waals surface area contributed by atoms with Crippen LogP contribution in [0.5, 0.6) is 5.75 Å². The molecule has 28 heavy (non-hydrogen) atoms. The van der Waals surface area contributed by atoms with Crippen molar-refractivity contribution in [3.05, 3.63) is 29.3 Å². The van der Waals surface area contributed by atoms with Crippen molar-refractivity contribution >= 4 is 6.09 Å². The zero-order chi connectivity index (χ0) is 19.9. The Morgan fingerprint density at radius 2 is 1.89 bits per heavy atom. The second-order valence-corrected chi connectivity index (χ2v) is 7.77. The lowest BCUT2D eigenvalue weighted by Gasteiger charge is -2.37. The predicted molar refractivity (Wildman–Crippen MR) is 107 cm³/mol. The van der Waals surface area contributed by atoms with Gasteiger partial charge in [-0.1, -0.05) is 0 Å². The zero-order valence-electron chi connectivity index (χ0n) is 17.0. The highest BCUT2D eigenvalue weighted by atomic mass is 16.6. The Morgan fingerprint density at radius 1 is 1.18 bits per heavy atom. The molecule has 6 heteroatoms. The smallest absolute Gasteiger partial charge is 0.409 e. The molecular weight excluding hydrogens is 354 g/mol. The molecule has 1 aromatic rings. The van der Waals surface area contributed by atoms with Gasteiger partial charge in [0.25, 0.3) is 0 Å². The minimum atomic E-state index is -0.171. The zero-order valence-corrected chi connectivity index (χ0v) is 17.0. The Morgan fingerprint density at radius 3 is 2.50 bits per heavy atom. The van der Waals surface area contributed by atoms with Crippen molar-refractivity contribution in [2.75, 3.05) is 46.4 Å². The second-order valence-electron chi connectivity index (χ2n) is 7.77. The average molecular weight is 386 g/mol. The van der Waals surface area contributed by atoms with E-state index in [9.17, 15) is 10.1 Å². The van der Waals surface area contributed by atoms with Gasteiger partial charge in [0.15, 0.2) is 0 Å². The SMILES string of the molecule is CCOC(=O)N1CCC(CN2CCC(c3cc(C#N)ccc3OC)CC2)CC1. The molecular formula is C22H31N3O3. The van der Waals surface area contributed by atoms with E-state index in [4.69, 9.17) is 9.47 Å². The number of hydrogen-bond acceptors (Lipinski definition) is 5. The van der Waals surface area contributed by atoms with Crippen LogP contribution in [0.15, 0.2) is 18.2 Å². The van der Waals surface area contributed by atoms with Gasteiger partial charge in [-0.25, -0.2) is 4.79 Å². The van der Waals surface area contributed by atoms with E-state index in [1.807, 2.05) is 30.0 Å². The molecule has 2 aliphatic rings. The number of amides is 1. The number of methoxy groups -OCH3 is 1. The normalized spacial score (nSPS) is 19.2. The monoisotopic (exact) mass is 385 g/mol. The Hall–Kier alpha value is -2.26. The topological polar surface area (TPSA) is 65.8 Å². The van der Waals surface area contributed by atoms with Crippen molar-refractivity contribution in [3.8, 4) is 11.8 Å². The largest absolute Gasteiger partial charge is 0.496 e. The van der Waals surface area contributed by atoms with E-state index >= 15 is 0 Å². The number of hydrogen-bond donors (Lipinski definition) is 0. The third-order valence-corrected chi connectivity index (χ3v) is 6.04. The summed E-state index contributed by atoms with van der Waals surface area (Å²) in [5.41, 5.74) is 1.87. The first-order valence-electron chi connectivity index (χ1n) is 10.4. The van der Waals surface area contributed by atoms with E-state index in [-0.39, 0.29) is 6.09 Å². The molecule has 0 atom stereocenters. The van der Waals surface area contributed by atoms with E-state index in [1.165, 1.54) is 5.56 Å². The maximum atomic E-state index is 11.8. The highest BCUT2D eigenvalue weighted by Crippen LogP contribution is 2.35. The summed E-state index contributed by atoms with van der Waals surface area (Å²) in [6.07, 6.45) is 4.11. The number of nitriles is 1. The lowest BCUT2D eigenvalue weighted by molar-refractivity contribution is 0.0830. The van der Waals surface area contributed by atoms with E-state index < -0.39 is 0 Å². The van der Waals surface area contributed by atoms with E-state index in [0.29, 0.717) is 24.0 Å². The number of piperidine rings is 2. The summed E-state index contributed by atoms with van der Waals surface area (Å²) in [6.45, 7) is 7.15. The molecule has 152 valence electrons. The summed E-state index contributed by atoms with van der Waals surface area (Å²) < 4.78 is 10.6. The Labute approximate surface area is 168 Å². The standard InChI is InChI=1S/C22H31N3O3/c1-3-28-22(26)25-12-6-17(7-13-25)16-24-10-8-19(9-11-24)20-14-18(15-23)4-5-21(20)27-2/h4-5,14,17,19H,3,6-13,16H2,1-2H3. The maximum absolute atomic E-state index is 11.8. The summed E-state index contributed by atoms with van der Waals surface area (Å²) in [5, 5.41) is 9.20. The van der Waals surface area contributed by atoms with Gasteiger partial charge in [0.2, 0.25) is 0 Å². The van der Waals surface area contributed by atoms with Crippen molar-refractivity contribution in [1.29, 1.82) is 5.26 Å². The van der Waals surface area contributed by atoms with Gasteiger partial charge in [-0.15, -0.1) is 0 Å². The van der Waals surface area contributed by atoms with Gasteiger partial charge in [-0.2, -0.15) is 5.26 Å². The second kappa shape index (κ2) is 9.79. The van der Waals surface area contributed by atoms with Crippen molar-refractivity contribution in [3.63, 3.8) is 0 Å². The first-order chi connectivity index (χ1) is 13.6. The van der Waals surface area contributed by atoms with Gasteiger partial charge < -0.3 is 19.3 Å². The summed E-state index contributed by atoms with van der Waals surface area (Å²) in [5.74, 6) is 1.99. The van der Waals surface area contributed by atoms with Crippen LogP contribution in [0.25, 0.3) is 0 Å². The van der Waals surface area contributed by atoms with Gasteiger partial charge >= 0.3 is 6.09 Å². The molecule has 2 fully saturated rings. The third kappa shape index (κ3) is 4.96. The minimum absolute atomic E-state index is 0.171. The lowest BCUT2D eigenvalue weighted by atomic mass is 9.87. The van der Waals surface area contributed by atoms with Crippen LogP contribution >= 0.6 is 0 Å². The summed E-state index contributed by atoms with van der Waals surface area (Å²) in [6, 6.07) is 7.96. The van der Waals surface area contributed by atoms with Crippen LogP contribution in [0, 0.1) is 17.2 Å². The third-order valence-electron chi connectivity index (χ3n) is 6.04. The Kier molecular flexibility index (Phi) is 7.16. The van der Waals surface area contributed by atoms with Gasteiger partial charge in [-0.3, -0.25) is 0 Å². The molecule has 0 spiro atoms. The molecule has 0 saturated carbocycles. The molecule has 0 aliphatic carbocycles. The first kappa shape index (κ1) is 20.5. The molecule has 1 amide bonds. The first-order valence-corrected chi connectivity index (χ1v) is 10.4. The maximum Gasteiger partial charge on any atom is 0.409 e. The van der Waals surface area contributed by atoms with Crippen LogP contribution < -0.4 is 4.74 Å². The van der Waals surface area contributed by atoms with Gasteiger partial charge in [0.1, 0.15) is 5.75 Å². The van der Waals surface area contributed by atoms with Crippen LogP contribution in [0.1, 0.15) is 49.7 Å². The number of carbonyl (C=O) groups is 1.